The van der Waals surface area contributed by atoms with Gasteiger partial charge in [-0.3, -0.25) is 0 Å². The molecule has 0 aliphatic rings. The molecule has 0 aromatic carbocycles. The van der Waals surface area contributed by atoms with Crippen molar-refractivity contribution in [2.24, 2.45) is 0 Å². The monoisotopic (exact) mass is 207 g/mol. The van der Waals surface area contributed by atoms with Crippen LogP contribution in [0.15, 0.2) is 0 Å². The molecule has 0 radical (unpaired) electrons. The van der Waals surface area contributed by atoms with Crippen LogP contribution in [0.25, 0.3) is 0 Å². The fourth-order valence-corrected chi connectivity index (χ4v) is 1.56. The predicted octanol–water partition coefficient (Wildman–Crippen LogP) is 0.0261. The van der Waals surface area contributed by atoms with Gasteiger partial charge in [-0.05, 0) is 0 Å². The van der Waals surface area contributed by atoms with Crippen LogP contribution in [0.3, 0.4) is 0 Å². The second-order valence-corrected chi connectivity index (χ2v) is 5.92. The zero-order chi connectivity index (χ0) is 10.5. The standard InChI is InChI=1S/C7H14NO4P/c1-6(9)12-7(5-8)3-4-13(2,10)11/h7,10-11,13H,3-4H2,1-2H3. The van der Waals surface area contributed by atoms with Crippen molar-refractivity contribution in [2.75, 3.05) is 12.8 Å². The first-order valence-corrected chi connectivity index (χ1v) is 6.47. The van der Waals surface area contributed by atoms with Gasteiger partial charge in [-0.25, -0.2) is 0 Å². The second-order valence-electron chi connectivity index (χ2n) is 2.98. The minimum atomic E-state index is -3.13. The molecule has 76 valence electrons. The molecule has 0 heterocycles. The number of carbonyl (C=O) groups excluding carboxylic acids is 1. The van der Waals surface area contributed by atoms with Crippen molar-refractivity contribution in [1.29, 1.82) is 5.26 Å². The molecule has 1 atom stereocenters. The molecule has 0 aromatic rings. The number of nitrogens with zero attached hydrogens (tertiary/aromatic N) is 1. The third kappa shape index (κ3) is 7.66. The molecule has 0 aromatic heterocycles. The first kappa shape index (κ1) is 12.3. The van der Waals surface area contributed by atoms with E-state index >= 15 is 0 Å². The summed E-state index contributed by atoms with van der Waals surface area (Å²) in [5.74, 6) is -0.536. The number of hydrogen-bond donors (Lipinski definition) is 2. The first-order chi connectivity index (χ1) is 5.85. The van der Waals surface area contributed by atoms with Gasteiger partial charge >= 0.3 is 76.6 Å². The summed E-state index contributed by atoms with van der Waals surface area (Å²) in [6.45, 7) is 2.55. The average Bonchev–Trinajstić information content (AvgIpc) is 1.95. The Kier molecular flexibility index (Phi) is 4.86. The second kappa shape index (κ2) is 5.13. The van der Waals surface area contributed by atoms with E-state index in [4.69, 9.17) is 15.0 Å². The Morgan fingerprint density at radius 1 is 1.69 bits per heavy atom. The van der Waals surface area contributed by atoms with Gasteiger partial charge < -0.3 is 0 Å². The molecule has 0 spiro atoms. The average molecular weight is 207 g/mol. The van der Waals surface area contributed by atoms with Crippen molar-refractivity contribution >= 4 is 13.7 Å². The van der Waals surface area contributed by atoms with E-state index < -0.39 is 19.8 Å². The van der Waals surface area contributed by atoms with Gasteiger partial charge in [0.05, 0.1) is 0 Å². The fourth-order valence-electron chi connectivity index (χ4n) is 0.755. The van der Waals surface area contributed by atoms with Crippen molar-refractivity contribution < 1.29 is 19.3 Å². The van der Waals surface area contributed by atoms with E-state index in [9.17, 15) is 4.79 Å². The summed E-state index contributed by atoms with van der Waals surface area (Å²) in [4.78, 5) is 28.5. The summed E-state index contributed by atoms with van der Waals surface area (Å²) in [5.41, 5.74) is 0. The molecule has 0 amide bonds. The summed E-state index contributed by atoms with van der Waals surface area (Å²) in [7, 11) is -3.13. The van der Waals surface area contributed by atoms with Gasteiger partial charge in [-0.15, -0.1) is 0 Å². The van der Waals surface area contributed by atoms with Gasteiger partial charge in [-0.2, -0.15) is 0 Å². The minimum absolute atomic E-state index is 0.124. The molecule has 2 N–H and O–H groups in total. The molecule has 13 heavy (non-hydrogen) atoms. The van der Waals surface area contributed by atoms with E-state index in [2.05, 4.69) is 4.74 Å². The van der Waals surface area contributed by atoms with Crippen LogP contribution in [0.1, 0.15) is 13.3 Å². The Morgan fingerprint density at radius 2 is 2.23 bits per heavy atom. The molecular weight excluding hydrogens is 193 g/mol. The van der Waals surface area contributed by atoms with E-state index in [0.29, 0.717) is 0 Å². The van der Waals surface area contributed by atoms with Crippen LogP contribution >= 0.6 is 7.72 Å². The van der Waals surface area contributed by atoms with Crippen molar-refractivity contribution in [2.45, 2.75) is 19.4 Å². The Labute approximate surface area is 77.4 Å². The number of esters is 1. The number of rotatable bonds is 4. The summed E-state index contributed by atoms with van der Waals surface area (Å²) in [6, 6.07) is 1.76. The molecule has 0 aliphatic heterocycles. The predicted molar refractivity (Wildman–Crippen MR) is 49.3 cm³/mol. The molecule has 0 saturated carbocycles. The Hall–Kier alpha value is -0.690. The van der Waals surface area contributed by atoms with E-state index in [1.807, 2.05) is 0 Å². The van der Waals surface area contributed by atoms with Gasteiger partial charge in [0.1, 0.15) is 0 Å². The van der Waals surface area contributed by atoms with Gasteiger partial charge in [0.15, 0.2) is 0 Å². The topological polar surface area (TPSA) is 90.6 Å². The van der Waals surface area contributed by atoms with Crippen LogP contribution in [-0.4, -0.2) is 34.7 Å². The van der Waals surface area contributed by atoms with Crippen molar-refractivity contribution in [3.63, 3.8) is 0 Å². The summed E-state index contributed by atoms with van der Waals surface area (Å²) < 4.78 is 4.59. The molecule has 6 heteroatoms. The fraction of sp³-hybridized carbons (Fsp3) is 0.714. The summed E-state index contributed by atoms with van der Waals surface area (Å²) in [6.07, 6.45) is -0.576. The third-order valence-corrected chi connectivity index (χ3v) is 2.57. The van der Waals surface area contributed by atoms with Crippen LogP contribution in [0, 0.1) is 11.3 Å². The van der Waals surface area contributed by atoms with Gasteiger partial charge in [0, 0.05) is 0 Å². The summed E-state index contributed by atoms with van der Waals surface area (Å²) in [5, 5.41) is 8.50. The number of hydrogen-bond acceptors (Lipinski definition) is 5. The van der Waals surface area contributed by atoms with Crippen LogP contribution in [0.4, 0.5) is 0 Å². The zero-order valence-electron chi connectivity index (χ0n) is 7.65. The molecule has 0 bridgehead atoms. The molecule has 1 unspecified atom stereocenters. The van der Waals surface area contributed by atoms with Crippen LogP contribution in [0.5, 0.6) is 0 Å². The SMILES string of the molecule is CC(=O)OC(C#N)CC[PH](C)(O)O. The molecule has 5 nitrogen and oxygen atoms in total. The molecule has 0 fully saturated rings. The molecular formula is C7H14NO4P. The third-order valence-electron chi connectivity index (χ3n) is 1.33. The quantitative estimate of drug-likeness (QED) is 0.501. The van der Waals surface area contributed by atoms with E-state index in [1.54, 1.807) is 6.07 Å². The van der Waals surface area contributed by atoms with Crippen molar-refractivity contribution in [1.82, 2.24) is 0 Å². The molecule has 0 rings (SSSR count). The maximum atomic E-state index is 10.5. The van der Waals surface area contributed by atoms with Gasteiger partial charge in [0.2, 0.25) is 0 Å². The normalized spacial score (nSPS) is 14.4. The van der Waals surface area contributed by atoms with Crippen LogP contribution < -0.4 is 0 Å². The van der Waals surface area contributed by atoms with Gasteiger partial charge in [0.25, 0.3) is 0 Å². The summed E-state index contributed by atoms with van der Waals surface area (Å²) >= 11 is 0. The molecule has 0 aliphatic carbocycles. The number of ether oxygens (including phenoxy) is 1. The van der Waals surface area contributed by atoms with Crippen molar-refractivity contribution in [3.05, 3.63) is 0 Å². The van der Waals surface area contributed by atoms with E-state index in [1.165, 1.54) is 13.6 Å². The number of carbonyl (C=O) groups is 1. The molecule has 0 saturated heterocycles. The van der Waals surface area contributed by atoms with Crippen LogP contribution in [-0.2, 0) is 9.53 Å². The van der Waals surface area contributed by atoms with Crippen molar-refractivity contribution in [3.8, 4) is 6.07 Å². The maximum absolute atomic E-state index is 10.5. The zero-order valence-corrected chi connectivity index (χ0v) is 8.65. The first-order valence-electron chi connectivity index (χ1n) is 3.87. The Morgan fingerprint density at radius 3 is 2.54 bits per heavy atom. The van der Waals surface area contributed by atoms with Crippen LogP contribution in [0.2, 0.25) is 0 Å². The van der Waals surface area contributed by atoms with E-state index in [-0.39, 0.29) is 12.6 Å². The van der Waals surface area contributed by atoms with Gasteiger partial charge in [-0.1, -0.05) is 0 Å². The Balaban J connectivity index is 3.88. The van der Waals surface area contributed by atoms with E-state index in [0.717, 1.165) is 0 Å². The number of nitriles is 1. The Bertz CT molecular complexity index is 218.